The van der Waals surface area contributed by atoms with Gasteiger partial charge in [0.25, 0.3) is 0 Å². The van der Waals surface area contributed by atoms with Crippen LogP contribution in [0.1, 0.15) is 39.5 Å². The van der Waals surface area contributed by atoms with Gasteiger partial charge in [-0.25, -0.2) is 0 Å². The zero-order chi connectivity index (χ0) is 15.7. The van der Waals surface area contributed by atoms with E-state index < -0.39 is 6.10 Å². The summed E-state index contributed by atoms with van der Waals surface area (Å²) in [5.41, 5.74) is -0.362. The minimum atomic E-state index is -0.957. The van der Waals surface area contributed by atoms with Crippen molar-refractivity contribution in [3.05, 3.63) is 24.3 Å². The van der Waals surface area contributed by atoms with E-state index in [0.717, 1.165) is 19.3 Å². The van der Waals surface area contributed by atoms with E-state index >= 15 is 0 Å². The Morgan fingerprint density at radius 3 is 2.64 bits per heavy atom. The first-order valence-electron chi connectivity index (χ1n) is 8.51. The van der Waals surface area contributed by atoms with E-state index in [2.05, 4.69) is 26.0 Å². The first kappa shape index (κ1) is 14.4. The lowest BCUT2D eigenvalue weighted by molar-refractivity contribution is -0.137. The van der Waals surface area contributed by atoms with Crippen molar-refractivity contribution in [1.29, 1.82) is 0 Å². The van der Waals surface area contributed by atoms with Crippen LogP contribution in [0.4, 0.5) is 0 Å². The Morgan fingerprint density at radius 2 is 1.86 bits per heavy atom. The Bertz CT molecular complexity index is 604. The number of aliphatic hydroxyl groups is 1. The average Bonchev–Trinajstić information content (AvgIpc) is 2.79. The highest BCUT2D eigenvalue weighted by atomic mass is 16.3. The molecular weight excluding hydrogens is 276 g/mol. The number of carbonyl (C=O) groups is 2. The molecule has 0 spiro atoms. The number of rotatable bonds is 0. The largest absolute Gasteiger partial charge is 0.381 e. The van der Waals surface area contributed by atoms with E-state index in [1.165, 1.54) is 0 Å². The highest BCUT2D eigenvalue weighted by molar-refractivity contribution is 5.91. The van der Waals surface area contributed by atoms with E-state index in [0.29, 0.717) is 30.0 Å². The number of Topliss-reactive ketones (excluding diaryl/α,β-unsaturated/α-hetero) is 2. The molecule has 0 saturated heterocycles. The van der Waals surface area contributed by atoms with Gasteiger partial charge in [0.2, 0.25) is 0 Å². The molecule has 0 heterocycles. The van der Waals surface area contributed by atoms with Gasteiger partial charge in [-0.3, -0.25) is 9.59 Å². The molecule has 2 unspecified atom stereocenters. The first-order chi connectivity index (χ1) is 10.4. The summed E-state index contributed by atoms with van der Waals surface area (Å²) in [6.07, 6.45) is 10.6. The zero-order valence-electron chi connectivity index (χ0n) is 13.3. The first-order valence-corrected chi connectivity index (χ1v) is 8.51. The standard InChI is InChI=1S/C19H24O3/c1-18-10-8-15(20)17(22)14(18)4-3-11-12-5-6-16(21)19(12,2)9-7-13(11)18/h3-4,8,10-15,20H,5-7,9H2,1-2H3/t11-,12-,13-,14?,15?,18+,19-/m0/s1. The van der Waals surface area contributed by atoms with Crippen molar-refractivity contribution in [2.24, 2.45) is 34.5 Å². The second-order valence-electron chi connectivity index (χ2n) is 8.14. The summed E-state index contributed by atoms with van der Waals surface area (Å²) in [4.78, 5) is 24.7. The highest BCUT2D eigenvalue weighted by Gasteiger charge is 2.59. The summed E-state index contributed by atoms with van der Waals surface area (Å²) in [5, 5.41) is 9.84. The quantitative estimate of drug-likeness (QED) is 0.700. The maximum absolute atomic E-state index is 12.4. The molecule has 3 nitrogen and oxygen atoms in total. The Balaban J connectivity index is 1.76. The van der Waals surface area contributed by atoms with Gasteiger partial charge < -0.3 is 5.11 Å². The van der Waals surface area contributed by atoms with Gasteiger partial charge in [-0.15, -0.1) is 0 Å². The number of aliphatic hydroxyl groups excluding tert-OH is 1. The van der Waals surface area contributed by atoms with Crippen LogP contribution >= 0.6 is 0 Å². The van der Waals surface area contributed by atoms with Crippen LogP contribution in [0.2, 0.25) is 0 Å². The maximum Gasteiger partial charge on any atom is 0.172 e. The van der Waals surface area contributed by atoms with Crippen LogP contribution in [-0.4, -0.2) is 22.8 Å². The van der Waals surface area contributed by atoms with Crippen LogP contribution in [0.5, 0.6) is 0 Å². The molecule has 7 atom stereocenters. The van der Waals surface area contributed by atoms with Crippen LogP contribution in [0, 0.1) is 34.5 Å². The number of carbonyl (C=O) groups excluding carboxylic acids is 2. The Labute approximate surface area is 131 Å². The molecule has 0 aliphatic heterocycles. The Kier molecular flexibility index (Phi) is 2.88. The summed E-state index contributed by atoms with van der Waals surface area (Å²) >= 11 is 0. The van der Waals surface area contributed by atoms with E-state index in [4.69, 9.17) is 0 Å². The lowest BCUT2D eigenvalue weighted by Gasteiger charge is -2.55. The van der Waals surface area contributed by atoms with Crippen molar-refractivity contribution in [1.82, 2.24) is 0 Å². The van der Waals surface area contributed by atoms with Crippen molar-refractivity contribution < 1.29 is 14.7 Å². The molecule has 118 valence electrons. The van der Waals surface area contributed by atoms with Gasteiger partial charge in [-0.2, -0.15) is 0 Å². The van der Waals surface area contributed by atoms with Gasteiger partial charge >= 0.3 is 0 Å². The van der Waals surface area contributed by atoms with E-state index in [1.807, 2.05) is 6.08 Å². The van der Waals surface area contributed by atoms with E-state index in [1.54, 1.807) is 6.08 Å². The second kappa shape index (κ2) is 4.41. The molecule has 0 aromatic rings. The number of hydrogen-bond donors (Lipinski definition) is 1. The molecule has 0 bridgehead atoms. The topological polar surface area (TPSA) is 54.4 Å². The van der Waals surface area contributed by atoms with Gasteiger partial charge in [0.05, 0.1) is 0 Å². The molecule has 1 N–H and O–H groups in total. The number of fused-ring (bicyclic) bond motifs is 5. The van der Waals surface area contributed by atoms with Crippen molar-refractivity contribution in [3.63, 3.8) is 0 Å². The van der Waals surface area contributed by atoms with E-state index in [-0.39, 0.29) is 22.5 Å². The molecule has 2 fully saturated rings. The Hall–Kier alpha value is -1.22. The van der Waals surface area contributed by atoms with Gasteiger partial charge in [0.1, 0.15) is 11.9 Å². The molecule has 2 saturated carbocycles. The van der Waals surface area contributed by atoms with Gasteiger partial charge in [-0.05, 0) is 37.0 Å². The number of hydrogen-bond acceptors (Lipinski definition) is 3. The lowest BCUT2D eigenvalue weighted by atomic mass is 9.48. The fraction of sp³-hybridized carbons (Fsp3) is 0.684. The summed E-state index contributed by atoms with van der Waals surface area (Å²) in [7, 11) is 0. The Morgan fingerprint density at radius 1 is 1.09 bits per heavy atom. The molecule has 4 aliphatic carbocycles. The minimum absolute atomic E-state index is 0.0736. The van der Waals surface area contributed by atoms with Crippen molar-refractivity contribution >= 4 is 11.6 Å². The molecule has 4 rings (SSSR count). The minimum Gasteiger partial charge on any atom is -0.381 e. The van der Waals surface area contributed by atoms with Crippen molar-refractivity contribution in [2.45, 2.75) is 45.6 Å². The molecule has 0 aromatic heterocycles. The van der Waals surface area contributed by atoms with Gasteiger partial charge in [0.15, 0.2) is 5.78 Å². The highest BCUT2D eigenvalue weighted by Crippen LogP contribution is 2.62. The van der Waals surface area contributed by atoms with Crippen molar-refractivity contribution in [2.75, 3.05) is 0 Å². The van der Waals surface area contributed by atoms with Gasteiger partial charge in [-0.1, -0.05) is 38.2 Å². The molecule has 0 aromatic carbocycles. The van der Waals surface area contributed by atoms with Crippen LogP contribution in [0.25, 0.3) is 0 Å². The molecule has 22 heavy (non-hydrogen) atoms. The fourth-order valence-corrected chi connectivity index (χ4v) is 5.84. The van der Waals surface area contributed by atoms with E-state index in [9.17, 15) is 14.7 Å². The SMILES string of the molecule is C[C@]12C=CC(O)C(=O)C1C=C[C@@H]1[C@@H]2CC[C@]2(C)C(=O)CC[C@@H]12. The lowest BCUT2D eigenvalue weighted by Crippen LogP contribution is -2.53. The smallest absolute Gasteiger partial charge is 0.172 e. The molecule has 4 aliphatic rings. The zero-order valence-corrected chi connectivity index (χ0v) is 13.3. The molecule has 3 heteroatoms. The normalized spacial score (nSPS) is 53.1. The van der Waals surface area contributed by atoms with Crippen molar-refractivity contribution in [3.8, 4) is 0 Å². The average molecular weight is 300 g/mol. The molecule has 0 radical (unpaired) electrons. The molecule has 0 amide bonds. The predicted molar refractivity (Wildman–Crippen MR) is 82.9 cm³/mol. The molecular formula is C19H24O3. The summed E-state index contributed by atoms with van der Waals surface area (Å²) in [6.45, 7) is 4.32. The predicted octanol–water partition coefficient (Wildman–Crippen LogP) is 2.69. The fourth-order valence-electron chi connectivity index (χ4n) is 5.84. The maximum atomic E-state index is 12.4. The van der Waals surface area contributed by atoms with Crippen LogP contribution in [-0.2, 0) is 9.59 Å². The summed E-state index contributed by atoms with van der Waals surface area (Å²) in [5.74, 6) is 1.36. The van der Waals surface area contributed by atoms with Crippen LogP contribution in [0.15, 0.2) is 24.3 Å². The van der Waals surface area contributed by atoms with Gasteiger partial charge in [0, 0.05) is 23.2 Å². The third-order valence-corrected chi connectivity index (χ3v) is 7.27. The monoisotopic (exact) mass is 300 g/mol. The summed E-state index contributed by atoms with van der Waals surface area (Å²) in [6, 6.07) is 0. The third-order valence-electron chi connectivity index (χ3n) is 7.27. The van der Waals surface area contributed by atoms with Crippen LogP contribution < -0.4 is 0 Å². The van der Waals surface area contributed by atoms with Crippen LogP contribution in [0.3, 0.4) is 0 Å². The number of allylic oxidation sites excluding steroid dienone is 3. The third kappa shape index (κ3) is 1.61. The number of ketones is 2. The second-order valence-corrected chi connectivity index (χ2v) is 8.14. The summed E-state index contributed by atoms with van der Waals surface area (Å²) < 4.78 is 0.